The van der Waals surface area contributed by atoms with E-state index in [9.17, 15) is 9.90 Å². The van der Waals surface area contributed by atoms with Crippen molar-refractivity contribution in [3.63, 3.8) is 0 Å². The van der Waals surface area contributed by atoms with Gasteiger partial charge in [0.2, 0.25) is 0 Å². The molecule has 0 fully saturated rings. The van der Waals surface area contributed by atoms with E-state index in [1.54, 1.807) is 18.3 Å². The highest BCUT2D eigenvalue weighted by Crippen LogP contribution is 2.21. The molecule has 0 aliphatic heterocycles. The molecule has 3 N–H and O–H groups in total. The number of aromatic nitrogens is 1. The number of carbonyl (C=O) groups is 1. The van der Waals surface area contributed by atoms with E-state index in [0.29, 0.717) is 10.9 Å². The van der Waals surface area contributed by atoms with Crippen LogP contribution in [0.4, 0.5) is 0 Å². The van der Waals surface area contributed by atoms with Crippen LogP contribution in [0, 0.1) is 11.8 Å². The van der Waals surface area contributed by atoms with Crippen LogP contribution < -0.4 is 0 Å². The van der Waals surface area contributed by atoms with E-state index < -0.39 is 5.97 Å². The molecule has 15 heavy (non-hydrogen) atoms. The number of fused-ring (bicyclic) bond motifs is 1. The third kappa shape index (κ3) is 1.76. The predicted molar refractivity (Wildman–Crippen MR) is 54.5 cm³/mol. The van der Waals surface area contributed by atoms with Crippen molar-refractivity contribution in [2.24, 2.45) is 0 Å². The zero-order chi connectivity index (χ0) is 10.8. The van der Waals surface area contributed by atoms with Crippen LogP contribution in [-0.4, -0.2) is 21.2 Å². The smallest absolute Gasteiger partial charge is 0.382 e. The van der Waals surface area contributed by atoms with Crippen LogP contribution in [0.15, 0.2) is 24.4 Å². The molecule has 0 bridgehead atoms. The number of hydrogen-bond donors (Lipinski definition) is 3. The fraction of sp³-hybridized carbons (Fsp3) is 0. The Balaban J connectivity index is 2.59. The van der Waals surface area contributed by atoms with Crippen molar-refractivity contribution in [2.75, 3.05) is 0 Å². The van der Waals surface area contributed by atoms with Gasteiger partial charge in [-0.05, 0) is 18.2 Å². The Morgan fingerprint density at radius 2 is 2.20 bits per heavy atom. The molecule has 4 heteroatoms. The molecule has 1 aromatic heterocycles. The number of phenols is 1. The van der Waals surface area contributed by atoms with Crippen LogP contribution in [-0.2, 0) is 4.79 Å². The van der Waals surface area contributed by atoms with E-state index in [2.05, 4.69) is 10.9 Å². The Hall–Kier alpha value is -2.41. The molecule has 1 heterocycles. The largest absolute Gasteiger partial charge is 0.508 e. The summed E-state index contributed by atoms with van der Waals surface area (Å²) in [6.45, 7) is 0. The molecule has 0 saturated carbocycles. The summed E-state index contributed by atoms with van der Waals surface area (Å²) >= 11 is 0. The number of benzene rings is 1. The van der Waals surface area contributed by atoms with Crippen molar-refractivity contribution in [1.29, 1.82) is 0 Å². The van der Waals surface area contributed by atoms with E-state index in [-0.39, 0.29) is 5.75 Å². The van der Waals surface area contributed by atoms with E-state index in [1.807, 2.05) is 5.92 Å². The van der Waals surface area contributed by atoms with Gasteiger partial charge < -0.3 is 15.2 Å². The highest BCUT2D eigenvalue weighted by atomic mass is 16.4. The lowest BCUT2D eigenvalue weighted by Gasteiger charge is -1.92. The third-order valence-corrected chi connectivity index (χ3v) is 1.97. The molecule has 0 amide bonds. The molecule has 1 aromatic carbocycles. The van der Waals surface area contributed by atoms with Crippen LogP contribution in [0.2, 0.25) is 0 Å². The molecule has 2 rings (SSSR count). The van der Waals surface area contributed by atoms with Crippen LogP contribution in [0.1, 0.15) is 5.56 Å². The Bertz CT molecular complexity index is 587. The second-order valence-corrected chi connectivity index (χ2v) is 2.99. The first-order chi connectivity index (χ1) is 7.16. The minimum Gasteiger partial charge on any atom is -0.508 e. The molecule has 0 aliphatic rings. The fourth-order valence-electron chi connectivity index (χ4n) is 1.33. The quantitative estimate of drug-likeness (QED) is 0.562. The minimum absolute atomic E-state index is 0.125. The molecular weight excluding hydrogens is 194 g/mol. The first kappa shape index (κ1) is 9.16. The van der Waals surface area contributed by atoms with Crippen molar-refractivity contribution < 1.29 is 15.0 Å². The Labute approximate surface area is 85.2 Å². The highest BCUT2D eigenvalue weighted by molar-refractivity contribution is 5.91. The molecule has 0 unspecified atom stereocenters. The molecule has 0 spiro atoms. The Morgan fingerprint density at radius 3 is 2.93 bits per heavy atom. The van der Waals surface area contributed by atoms with Crippen molar-refractivity contribution in [3.05, 3.63) is 30.0 Å². The standard InChI is InChI=1S/C11H7NO3/c13-8-2-3-10-9(5-8)7(6-12-10)1-4-11(14)15/h2-3,5-6,12-13H,(H,14,15). The summed E-state index contributed by atoms with van der Waals surface area (Å²) in [7, 11) is 0. The first-order valence-electron chi connectivity index (χ1n) is 4.22. The Morgan fingerprint density at radius 1 is 1.40 bits per heavy atom. The molecule has 0 atom stereocenters. The van der Waals surface area contributed by atoms with Crippen molar-refractivity contribution in [2.45, 2.75) is 0 Å². The van der Waals surface area contributed by atoms with Gasteiger partial charge >= 0.3 is 5.97 Å². The molecule has 0 radical (unpaired) electrons. The normalized spacial score (nSPS) is 9.60. The molecule has 0 aliphatic carbocycles. The molecule has 0 saturated heterocycles. The van der Waals surface area contributed by atoms with Crippen LogP contribution >= 0.6 is 0 Å². The molecule has 4 nitrogen and oxygen atoms in total. The average Bonchev–Trinajstić information content (AvgIpc) is 2.57. The summed E-state index contributed by atoms with van der Waals surface area (Å²) in [6.07, 6.45) is 1.61. The van der Waals surface area contributed by atoms with Gasteiger partial charge in [-0.25, -0.2) is 4.79 Å². The lowest BCUT2D eigenvalue weighted by Crippen LogP contribution is -1.86. The fourth-order valence-corrected chi connectivity index (χ4v) is 1.33. The van der Waals surface area contributed by atoms with Gasteiger partial charge in [-0.3, -0.25) is 0 Å². The van der Waals surface area contributed by atoms with Gasteiger partial charge in [0, 0.05) is 23.0 Å². The van der Waals surface area contributed by atoms with Gasteiger partial charge in [0.1, 0.15) is 5.75 Å². The van der Waals surface area contributed by atoms with E-state index in [1.165, 1.54) is 6.07 Å². The zero-order valence-electron chi connectivity index (χ0n) is 7.61. The first-order valence-corrected chi connectivity index (χ1v) is 4.22. The van der Waals surface area contributed by atoms with E-state index >= 15 is 0 Å². The lowest BCUT2D eigenvalue weighted by molar-refractivity contribution is -0.130. The van der Waals surface area contributed by atoms with Crippen LogP contribution in [0.3, 0.4) is 0 Å². The number of rotatable bonds is 0. The van der Waals surface area contributed by atoms with Gasteiger partial charge in [-0.2, -0.15) is 0 Å². The molecular formula is C11H7NO3. The maximum absolute atomic E-state index is 10.3. The van der Waals surface area contributed by atoms with Gasteiger partial charge in [0.25, 0.3) is 0 Å². The van der Waals surface area contributed by atoms with Gasteiger partial charge in [0.05, 0.1) is 5.56 Å². The number of aliphatic carboxylic acids is 1. The number of aromatic hydroxyl groups is 1. The monoisotopic (exact) mass is 201 g/mol. The number of H-pyrrole nitrogens is 1. The van der Waals surface area contributed by atoms with Crippen LogP contribution in [0.25, 0.3) is 10.9 Å². The summed E-state index contributed by atoms with van der Waals surface area (Å²) in [4.78, 5) is 13.2. The zero-order valence-corrected chi connectivity index (χ0v) is 7.61. The van der Waals surface area contributed by atoms with E-state index in [0.717, 1.165) is 5.52 Å². The second-order valence-electron chi connectivity index (χ2n) is 2.99. The van der Waals surface area contributed by atoms with Crippen molar-refractivity contribution >= 4 is 16.9 Å². The number of phenolic OH excluding ortho intramolecular Hbond substituents is 1. The van der Waals surface area contributed by atoms with E-state index in [4.69, 9.17) is 5.11 Å². The summed E-state index contributed by atoms with van der Waals surface area (Å²) in [5, 5.41) is 18.4. The third-order valence-electron chi connectivity index (χ3n) is 1.97. The number of hydrogen-bond acceptors (Lipinski definition) is 2. The van der Waals surface area contributed by atoms with Crippen molar-refractivity contribution in [3.8, 4) is 17.6 Å². The number of carboxylic acid groups (broad SMARTS) is 1. The predicted octanol–water partition coefficient (Wildman–Crippen LogP) is 1.31. The minimum atomic E-state index is -1.18. The topological polar surface area (TPSA) is 73.3 Å². The molecule has 2 aromatic rings. The van der Waals surface area contributed by atoms with Crippen molar-refractivity contribution in [1.82, 2.24) is 4.98 Å². The lowest BCUT2D eigenvalue weighted by atomic mass is 10.2. The number of carboxylic acids is 1. The summed E-state index contributed by atoms with van der Waals surface area (Å²) in [6, 6.07) is 4.79. The van der Waals surface area contributed by atoms with Gasteiger partial charge in [-0.15, -0.1) is 0 Å². The Kier molecular flexibility index (Phi) is 2.07. The summed E-state index contributed by atoms with van der Waals surface area (Å²) in [5.41, 5.74) is 1.37. The SMILES string of the molecule is O=C(O)C#Cc1c[nH]c2ccc(O)cc12. The molecule has 74 valence electrons. The second kappa shape index (κ2) is 3.39. The number of aromatic amines is 1. The highest BCUT2D eigenvalue weighted by Gasteiger charge is 2.01. The summed E-state index contributed by atoms with van der Waals surface area (Å²) in [5.74, 6) is 3.48. The van der Waals surface area contributed by atoms with Gasteiger partial charge in [-0.1, -0.05) is 5.92 Å². The summed E-state index contributed by atoms with van der Waals surface area (Å²) < 4.78 is 0. The van der Waals surface area contributed by atoms with Crippen LogP contribution in [0.5, 0.6) is 5.75 Å². The van der Waals surface area contributed by atoms with Gasteiger partial charge in [0.15, 0.2) is 0 Å². The maximum Gasteiger partial charge on any atom is 0.382 e. The maximum atomic E-state index is 10.3. The average molecular weight is 201 g/mol. The number of nitrogens with one attached hydrogen (secondary N) is 1.